The topological polar surface area (TPSA) is 75.3 Å². The number of benzene rings is 3. The average molecular weight is 451 g/mol. The lowest BCUT2D eigenvalue weighted by Crippen LogP contribution is -2.27. The van der Waals surface area contributed by atoms with Gasteiger partial charge in [0.1, 0.15) is 11.6 Å². The lowest BCUT2D eigenvalue weighted by atomic mass is 10.1. The summed E-state index contributed by atoms with van der Waals surface area (Å²) in [6.45, 7) is 1.56. The maximum Gasteiger partial charge on any atom is 0.261 e. The van der Waals surface area contributed by atoms with Crippen LogP contribution in [0.3, 0.4) is 0 Å². The summed E-state index contributed by atoms with van der Waals surface area (Å²) in [6, 6.07) is 14.0. The van der Waals surface area contributed by atoms with Gasteiger partial charge in [0, 0.05) is 17.2 Å². The predicted molar refractivity (Wildman–Crippen MR) is 111 cm³/mol. The third-order valence-corrected chi connectivity index (χ3v) is 6.03. The zero-order valence-electron chi connectivity index (χ0n) is 15.7. The van der Waals surface area contributed by atoms with Gasteiger partial charge in [0.05, 0.1) is 21.6 Å². The van der Waals surface area contributed by atoms with E-state index in [0.29, 0.717) is 0 Å². The van der Waals surface area contributed by atoms with E-state index in [4.69, 9.17) is 11.6 Å². The van der Waals surface area contributed by atoms with E-state index in [2.05, 4.69) is 10.0 Å². The molecule has 3 aromatic rings. The number of carbonyl (C=O) groups excluding carboxylic acids is 1. The standard InChI is InChI=1S/C21H17ClF2N2O3S/c1-13(17-11-8-15(23)12-19(17)24)25-21(27)14-6-9-16(10-7-14)30(28,29)26-20-5-3-2-4-18(20)22/h2-13,26H,1H3,(H,25,27). The van der Waals surface area contributed by atoms with E-state index in [1.165, 1.54) is 36.4 Å². The Kier molecular flexibility index (Phi) is 6.38. The molecule has 0 aliphatic rings. The second kappa shape index (κ2) is 8.81. The van der Waals surface area contributed by atoms with Gasteiger partial charge in [-0.3, -0.25) is 9.52 Å². The summed E-state index contributed by atoms with van der Waals surface area (Å²) < 4.78 is 54.3. The van der Waals surface area contributed by atoms with Gasteiger partial charge in [-0.15, -0.1) is 0 Å². The van der Waals surface area contributed by atoms with E-state index in [9.17, 15) is 22.0 Å². The van der Waals surface area contributed by atoms with Crippen LogP contribution in [0.4, 0.5) is 14.5 Å². The van der Waals surface area contributed by atoms with Gasteiger partial charge in [-0.1, -0.05) is 29.8 Å². The Bertz CT molecular complexity index is 1190. The van der Waals surface area contributed by atoms with Crippen LogP contribution < -0.4 is 10.0 Å². The van der Waals surface area contributed by atoms with Crippen LogP contribution in [0, 0.1) is 11.6 Å². The van der Waals surface area contributed by atoms with Crippen molar-refractivity contribution < 1.29 is 22.0 Å². The fraction of sp³-hybridized carbons (Fsp3) is 0.0952. The highest BCUT2D eigenvalue weighted by molar-refractivity contribution is 7.92. The molecule has 0 aliphatic heterocycles. The quantitative estimate of drug-likeness (QED) is 0.560. The van der Waals surface area contributed by atoms with E-state index in [-0.39, 0.29) is 26.7 Å². The SMILES string of the molecule is CC(NC(=O)c1ccc(S(=O)(=O)Nc2ccccc2Cl)cc1)c1ccc(F)cc1F. The number of hydrogen-bond donors (Lipinski definition) is 2. The number of sulfonamides is 1. The number of rotatable bonds is 6. The molecule has 156 valence electrons. The second-order valence-electron chi connectivity index (χ2n) is 6.47. The lowest BCUT2D eigenvalue weighted by Gasteiger charge is -2.15. The van der Waals surface area contributed by atoms with Crippen LogP contribution in [-0.4, -0.2) is 14.3 Å². The van der Waals surface area contributed by atoms with Crippen molar-refractivity contribution in [1.82, 2.24) is 5.32 Å². The van der Waals surface area contributed by atoms with Crippen LogP contribution in [0.15, 0.2) is 71.6 Å². The molecule has 1 unspecified atom stereocenters. The summed E-state index contributed by atoms with van der Waals surface area (Å²) in [5.41, 5.74) is 0.546. The molecule has 0 saturated heterocycles. The van der Waals surface area contributed by atoms with Crippen molar-refractivity contribution in [2.24, 2.45) is 0 Å². The number of amides is 1. The molecule has 1 atom stereocenters. The minimum absolute atomic E-state index is 0.0587. The van der Waals surface area contributed by atoms with Crippen LogP contribution in [0.5, 0.6) is 0 Å². The molecule has 1 amide bonds. The molecule has 0 aliphatic carbocycles. The smallest absolute Gasteiger partial charge is 0.261 e. The minimum Gasteiger partial charge on any atom is -0.345 e. The average Bonchev–Trinajstić information content (AvgIpc) is 2.69. The summed E-state index contributed by atoms with van der Waals surface area (Å²) in [6.07, 6.45) is 0. The molecule has 3 rings (SSSR count). The molecule has 0 bridgehead atoms. The third-order valence-electron chi connectivity index (χ3n) is 4.32. The highest BCUT2D eigenvalue weighted by Gasteiger charge is 2.18. The number of anilines is 1. The molecule has 30 heavy (non-hydrogen) atoms. The highest BCUT2D eigenvalue weighted by Crippen LogP contribution is 2.24. The van der Waals surface area contributed by atoms with E-state index in [1.54, 1.807) is 25.1 Å². The first kappa shape index (κ1) is 21.7. The summed E-state index contributed by atoms with van der Waals surface area (Å²) in [7, 11) is -3.91. The van der Waals surface area contributed by atoms with Crippen LogP contribution in [0.25, 0.3) is 0 Å². The van der Waals surface area contributed by atoms with Gasteiger partial charge in [-0.05, 0) is 49.4 Å². The number of carbonyl (C=O) groups is 1. The number of para-hydroxylation sites is 1. The first-order valence-electron chi connectivity index (χ1n) is 8.80. The largest absolute Gasteiger partial charge is 0.345 e. The van der Waals surface area contributed by atoms with Gasteiger partial charge in [-0.25, -0.2) is 17.2 Å². The Morgan fingerprint density at radius 1 is 1.00 bits per heavy atom. The molecule has 0 fully saturated rings. The maximum absolute atomic E-state index is 13.9. The fourth-order valence-corrected chi connectivity index (χ4v) is 4.06. The maximum atomic E-state index is 13.9. The van der Waals surface area contributed by atoms with E-state index >= 15 is 0 Å². The van der Waals surface area contributed by atoms with Crippen molar-refractivity contribution in [3.05, 3.63) is 94.5 Å². The van der Waals surface area contributed by atoms with Crippen molar-refractivity contribution in [3.8, 4) is 0 Å². The first-order chi connectivity index (χ1) is 14.2. The van der Waals surface area contributed by atoms with Gasteiger partial charge in [-0.2, -0.15) is 0 Å². The van der Waals surface area contributed by atoms with Crippen LogP contribution >= 0.6 is 11.6 Å². The Morgan fingerprint density at radius 3 is 2.30 bits per heavy atom. The van der Waals surface area contributed by atoms with Gasteiger partial charge in [0.15, 0.2) is 0 Å². The third kappa shape index (κ3) is 4.95. The second-order valence-corrected chi connectivity index (χ2v) is 8.56. The number of halogens is 3. The zero-order valence-corrected chi connectivity index (χ0v) is 17.3. The van der Waals surface area contributed by atoms with Crippen LogP contribution in [0.2, 0.25) is 5.02 Å². The van der Waals surface area contributed by atoms with Gasteiger partial charge >= 0.3 is 0 Å². The van der Waals surface area contributed by atoms with E-state index in [0.717, 1.165) is 12.1 Å². The lowest BCUT2D eigenvalue weighted by molar-refractivity contribution is 0.0939. The van der Waals surface area contributed by atoms with Crippen molar-refractivity contribution in [2.45, 2.75) is 17.9 Å². The number of nitrogens with one attached hydrogen (secondary N) is 2. The molecule has 0 saturated carbocycles. The molecule has 5 nitrogen and oxygen atoms in total. The summed E-state index contributed by atoms with van der Waals surface area (Å²) in [5.74, 6) is -2.01. The summed E-state index contributed by atoms with van der Waals surface area (Å²) in [5, 5.41) is 2.84. The van der Waals surface area contributed by atoms with Gasteiger partial charge < -0.3 is 5.32 Å². The minimum atomic E-state index is -3.91. The van der Waals surface area contributed by atoms with Gasteiger partial charge in [0.25, 0.3) is 15.9 Å². The predicted octanol–water partition coefficient (Wildman–Crippen LogP) is 4.91. The van der Waals surface area contributed by atoms with E-state index < -0.39 is 33.6 Å². The van der Waals surface area contributed by atoms with Crippen LogP contribution in [-0.2, 0) is 10.0 Å². The highest BCUT2D eigenvalue weighted by atomic mass is 35.5. The molecular weight excluding hydrogens is 434 g/mol. The van der Waals surface area contributed by atoms with Gasteiger partial charge in [0.2, 0.25) is 0 Å². The fourth-order valence-electron chi connectivity index (χ4n) is 2.74. The molecule has 2 N–H and O–H groups in total. The molecule has 0 radical (unpaired) electrons. The van der Waals surface area contributed by atoms with Crippen molar-refractivity contribution >= 4 is 33.2 Å². The molecule has 3 aromatic carbocycles. The molecule has 9 heteroatoms. The monoisotopic (exact) mass is 450 g/mol. The Hall–Kier alpha value is -2.97. The Labute approximate surface area is 177 Å². The normalized spacial score (nSPS) is 12.3. The Morgan fingerprint density at radius 2 is 1.67 bits per heavy atom. The Balaban J connectivity index is 1.73. The molecule has 0 aromatic heterocycles. The summed E-state index contributed by atoms with van der Waals surface area (Å²) in [4.78, 5) is 12.4. The molecule has 0 spiro atoms. The van der Waals surface area contributed by atoms with Crippen LogP contribution in [0.1, 0.15) is 28.9 Å². The summed E-state index contributed by atoms with van der Waals surface area (Å²) >= 11 is 5.98. The van der Waals surface area contributed by atoms with E-state index in [1.807, 2.05) is 0 Å². The first-order valence-corrected chi connectivity index (χ1v) is 10.7. The van der Waals surface area contributed by atoms with Crippen molar-refractivity contribution in [3.63, 3.8) is 0 Å². The molecule has 0 heterocycles. The molecular formula is C21H17ClF2N2O3S. The van der Waals surface area contributed by atoms with Crippen molar-refractivity contribution in [2.75, 3.05) is 4.72 Å². The zero-order chi connectivity index (χ0) is 21.9. The van der Waals surface area contributed by atoms with Crippen molar-refractivity contribution in [1.29, 1.82) is 0 Å². The number of hydrogen-bond acceptors (Lipinski definition) is 3.